The van der Waals surface area contributed by atoms with Crippen LogP contribution in [0.15, 0.2) is 72.9 Å². The molecular weight excluding hydrogens is 354 g/mol. The molecular formula is C22H21N3O3. The lowest BCUT2D eigenvalue weighted by Crippen LogP contribution is -2.44. The van der Waals surface area contributed by atoms with Gasteiger partial charge in [-0.1, -0.05) is 30.3 Å². The van der Waals surface area contributed by atoms with Gasteiger partial charge in [-0.2, -0.15) is 5.10 Å². The minimum Gasteiger partial charge on any atom is -0.471 e. The van der Waals surface area contributed by atoms with Gasteiger partial charge in [0, 0.05) is 18.8 Å². The molecule has 3 aromatic rings. The number of hydrogen-bond donors (Lipinski definition) is 0. The van der Waals surface area contributed by atoms with E-state index in [4.69, 9.17) is 9.47 Å². The Kier molecular flexibility index (Phi) is 5.47. The summed E-state index contributed by atoms with van der Waals surface area (Å²) in [4.78, 5) is 15.0. The Hall–Kier alpha value is -3.41. The van der Waals surface area contributed by atoms with Gasteiger partial charge in [0.25, 0.3) is 5.91 Å². The monoisotopic (exact) mass is 375 g/mol. The maximum Gasteiger partial charge on any atom is 0.257 e. The number of aromatic nitrogens is 2. The maximum absolute atomic E-state index is 13.2. The predicted molar refractivity (Wildman–Crippen MR) is 105 cm³/mol. The molecule has 142 valence electrons. The van der Waals surface area contributed by atoms with Crippen molar-refractivity contribution in [3.63, 3.8) is 0 Å². The fourth-order valence-electron chi connectivity index (χ4n) is 3.26. The van der Waals surface area contributed by atoms with Crippen molar-refractivity contribution in [2.45, 2.75) is 18.9 Å². The number of para-hydroxylation sites is 2. The van der Waals surface area contributed by atoms with E-state index in [1.54, 1.807) is 24.4 Å². The fraction of sp³-hybridized carbons (Fsp3) is 0.227. The second-order valence-corrected chi connectivity index (χ2v) is 6.61. The van der Waals surface area contributed by atoms with E-state index in [0.29, 0.717) is 36.0 Å². The van der Waals surface area contributed by atoms with Gasteiger partial charge in [-0.3, -0.25) is 4.79 Å². The second-order valence-electron chi connectivity index (χ2n) is 6.61. The number of nitrogens with zero attached hydrogens (tertiary/aromatic N) is 3. The molecule has 4 rings (SSSR count). The lowest BCUT2D eigenvalue weighted by molar-refractivity contribution is 0.0523. The zero-order valence-corrected chi connectivity index (χ0v) is 15.4. The van der Waals surface area contributed by atoms with E-state index in [1.165, 1.54) is 0 Å². The van der Waals surface area contributed by atoms with Crippen LogP contribution in [0.3, 0.4) is 0 Å². The average molecular weight is 375 g/mol. The van der Waals surface area contributed by atoms with E-state index in [1.807, 2.05) is 53.4 Å². The summed E-state index contributed by atoms with van der Waals surface area (Å²) in [6.45, 7) is 1.20. The van der Waals surface area contributed by atoms with Crippen molar-refractivity contribution in [2.75, 3.05) is 13.1 Å². The molecule has 0 aliphatic carbocycles. The SMILES string of the molecule is O=C(c1ccccc1Oc1ccccc1)N1CCCC(Oc2cccnn2)C1. The second kappa shape index (κ2) is 8.52. The molecule has 0 spiro atoms. The van der Waals surface area contributed by atoms with Crippen molar-refractivity contribution in [3.8, 4) is 17.4 Å². The Balaban J connectivity index is 1.48. The summed E-state index contributed by atoms with van der Waals surface area (Å²) in [7, 11) is 0. The van der Waals surface area contributed by atoms with Crippen LogP contribution < -0.4 is 9.47 Å². The summed E-state index contributed by atoms with van der Waals surface area (Å²) >= 11 is 0. The standard InChI is InChI=1S/C22H21N3O3/c26-22(19-11-4-5-12-20(19)27-17-8-2-1-3-9-17)25-15-7-10-18(16-25)28-21-13-6-14-23-24-21/h1-6,8-9,11-14,18H,7,10,15-16H2. The largest absolute Gasteiger partial charge is 0.471 e. The first kappa shape index (κ1) is 18.0. The zero-order chi connectivity index (χ0) is 19.2. The van der Waals surface area contributed by atoms with Crippen LogP contribution in [0.2, 0.25) is 0 Å². The number of hydrogen-bond acceptors (Lipinski definition) is 5. The minimum absolute atomic E-state index is 0.0565. The normalized spacial score (nSPS) is 16.4. The van der Waals surface area contributed by atoms with Gasteiger partial charge in [-0.15, -0.1) is 5.10 Å². The topological polar surface area (TPSA) is 64.5 Å². The van der Waals surface area contributed by atoms with E-state index >= 15 is 0 Å². The van der Waals surface area contributed by atoms with Gasteiger partial charge in [-0.25, -0.2) is 0 Å². The molecule has 1 aliphatic heterocycles. The molecule has 1 aromatic heterocycles. The van der Waals surface area contributed by atoms with Gasteiger partial charge < -0.3 is 14.4 Å². The van der Waals surface area contributed by atoms with Crippen molar-refractivity contribution in [1.82, 2.24) is 15.1 Å². The van der Waals surface area contributed by atoms with Crippen LogP contribution in [0, 0.1) is 0 Å². The lowest BCUT2D eigenvalue weighted by atomic mass is 10.1. The van der Waals surface area contributed by atoms with Gasteiger partial charge in [0.1, 0.15) is 17.6 Å². The number of likely N-dealkylation sites (tertiary alicyclic amines) is 1. The molecule has 2 aromatic carbocycles. The molecule has 28 heavy (non-hydrogen) atoms. The molecule has 0 bridgehead atoms. The Labute approximate surface area is 163 Å². The highest BCUT2D eigenvalue weighted by molar-refractivity contribution is 5.97. The first-order valence-corrected chi connectivity index (χ1v) is 9.35. The van der Waals surface area contributed by atoms with Gasteiger partial charge in [0.05, 0.1) is 12.1 Å². The van der Waals surface area contributed by atoms with Crippen LogP contribution in [0.25, 0.3) is 0 Å². The number of piperidine rings is 1. The lowest BCUT2D eigenvalue weighted by Gasteiger charge is -2.32. The molecule has 2 heterocycles. The van der Waals surface area contributed by atoms with Gasteiger partial charge in [0.15, 0.2) is 0 Å². The van der Waals surface area contributed by atoms with Crippen LogP contribution >= 0.6 is 0 Å². The van der Waals surface area contributed by atoms with E-state index in [0.717, 1.165) is 12.8 Å². The van der Waals surface area contributed by atoms with Crippen LogP contribution in [0.5, 0.6) is 17.4 Å². The Morgan fingerprint density at radius 2 is 1.82 bits per heavy atom. The average Bonchev–Trinajstić information content (AvgIpc) is 2.75. The zero-order valence-electron chi connectivity index (χ0n) is 15.4. The molecule has 1 atom stereocenters. The van der Waals surface area contributed by atoms with Gasteiger partial charge in [0.2, 0.25) is 5.88 Å². The molecule has 1 amide bonds. The number of carbonyl (C=O) groups excluding carboxylic acids is 1. The molecule has 6 heteroatoms. The highest BCUT2D eigenvalue weighted by Gasteiger charge is 2.27. The van der Waals surface area contributed by atoms with Crippen LogP contribution in [-0.2, 0) is 0 Å². The Morgan fingerprint density at radius 1 is 1.00 bits per heavy atom. The van der Waals surface area contributed by atoms with Gasteiger partial charge in [-0.05, 0) is 43.2 Å². The van der Waals surface area contributed by atoms with Crippen molar-refractivity contribution >= 4 is 5.91 Å². The smallest absolute Gasteiger partial charge is 0.257 e. The van der Waals surface area contributed by atoms with Gasteiger partial charge >= 0.3 is 0 Å². The Bertz CT molecular complexity index is 919. The number of rotatable bonds is 5. The van der Waals surface area contributed by atoms with Crippen LogP contribution in [-0.4, -0.2) is 40.2 Å². The van der Waals surface area contributed by atoms with E-state index in [-0.39, 0.29) is 12.0 Å². The number of benzene rings is 2. The fourth-order valence-corrected chi connectivity index (χ4v) is 3.26. The third-order valence-electron chi connectivity index (χ3n) is 4.59. The summed E-state index contributed by atoms with van der Waals surface area (Å²) in [5.74, 6) is 1.68. The van der Waals surface area contributed by atoms with E-state index < -0.39 is 0 Å². The van der Waals surface area contributed by atoms with Crippen molar-refractivity contribution in [2.24, 2.45) is 0 Å². The molecule has 0 radical (unpaired) electrons. The quantitative estimate of drug-likeness (QED) is 0.676. The molecule has 1 aliphatic rings. The molecule has 1 saturated heterocycles. The third-order valence-corrected chi connectivity index (χ3v) is 4.59. The molecule has 6 nitrogen and oxygen atoms in total. The van der Waals surface area contributed by atoms with E-state index in [2.05, 4.69) is 10.2 Å². The highest BCUT2D eigenvalue weighted by Crippen LogP contribution is 2.27. The summed E-state index contributed by atoms with van der Waals surface area (Å²) < 4.78 is 11.8. The summed E-state index contributed by atoms with van der Waals surface area (Å²) in [5, 5.41) is 7.80. The summed E-state index contributed by atoms with van der Waals surface area (Å²) in [6, 6.07) is 20.4. The van der Waals surface area contributed by atoms with Crippen molar-refractivity contribution in [3.05, 3.63) is 78.5 Å². The van der Waals surface area contributed by atoms with Crippen molar-refractivity contribution < 1.29 is 14.3 Å². The van der Waals surface area contributed by atoms with E-state index in [9.17, 15) is 4.79 Å². The third kappa shape index (κ3) is 4.28. The molecule has 1 fully saturated rings. The Morgan fingerprint density at radius 3 is 2.64 bits per heavy atom. The van der Waals surface area contributed by atoms with Crippen LogP contribution in [0.4, 0.5) is 0 Å². The number of carbonyl (C=O) groups is 1. The molecule has 0 saturated carbocycles. The molecule has 1 unspecified atom stereocenters. The first-order chi connectivity index (χ1) is 13.8. The highest BCUT2D eigenvalue weighted by atomic mass is 16.5. The summed E-state index contributed by atoms with van der Waals surface area (Å²) in [5.41, 5.74) is 0.548. The summed E-state index contributed by atoms with van der Waals surface area (Å²) in [6.07, 6.45) is 3.25. The predicted octanol–water partition coefficient (Wildman–Crippen LogP) is 3.95. The first-order valence-electron chi connectivity index (χ1n) is 9.35. The van der Waals surface area contributed by atoms with Crippen LogP contribution in [0.1, 0.15) is 23.2 Å². The minimum atomic E-state index is -0.100. The van der Waals surface area contributed by atoms with Crippen molar-refractivity contribution in [1.29, 1.82) is 0 Å². The molecule has 0 N–H and O–H groups in total. The maximum atomic E-state index is 13.2. The number of amides is 1. The number of ether oxygens (including phenoxy) is 2.